The molecule has 1 aliphatic heterocycles. The first-order valence-electron chi connectivity index (χ1n) is 6.23. The van der Waals surface area contributed by atoms with Gasteiger partial charge in [-0.25, -0.2) is 0 Å². The smallest absolute Gasteiger partial charge is 0.124 e. The maximum atomic E-state index is 6.14. The van der Waals surface area contributed by atoms with Crippen molar-refractivity contribution in [3.8, 4) is 5.75 Å². The molecule has 2 aromatic rings. The van der Waals surface area contributed by atoms with E-state index in [1.165, 1.54) is 17.5 Å². The Kier molecular flexibility index (Phi) is 2.83. The van der Waals surface area contributed by atoms with E-state index in [1.54, 1.807) is 0 Å². The van der Waals surface area contributed by atoms with Gasteiger partial charge in [-0.3, -0.25) is 0 Å². The monoisotopic (exact) mass is 224 g/mol. The first kappa shape index (κ1) is 10.4. The number of hydrogen-bond donors (Lipinski definition) is 0. The van der Waals surface area contributed by atoms with Gasteiger partial charge in [0, 0.05) is 0 Å². The van der Waals surface area contributed by atoms with Crippen molar-refractivity contribution in [1.82, 2.24) is 0 Å². The summed E-state index contributed by atoms with van der Waals surface area (Å²) in [5, 5.41) is 0. The molecule has 1 heteroatoms. The molecule has 0 fully saturated rings. The van der Waals surface area contributed by atoms with E-state index in [0.717, 1.165) is 18.6 Å². The van der Waals surface area contributed by atoms with E-state index in [-0.39, 0.29) is 6.10 Å². The maximum Gasteiger partial charge on any atom is 0.124 e. The van der Waals surface area contributed by atoms with Crippen LogP contribution >= 0.6 is 0 Å². The van der Waals surface area contributed by atoms with Crippen LogP contribution in [0, 0.1) is 0 Å². The molecule has 0 amide bonds. The largest absolute Gasteiger partial charge is 0.485 e. The van der Waals surface area contributed by atoms with Crippen molar-refractivity contribution >= 4 is 0 Å². The summed E-state index contributed by atoms with van der Waals surface area (Å²) >= 11 is 0. The Morgan fingerprint density at radius 2 is 1.65 bits per heavy atom. The van der Waals surface area contributed by atoms with Crippen LogP contribution in [0.3, 0.4) is 0 Å². The third-order valence-corrected chi connectivity index (χ3v) is 3.33. The highest BCUT2D eigenvalue weighted by Crippen LogP contribution is 2.33. The minimum absolute atomic E-state index is 0.208. The Morgan fingerprint density at radius 3 is 2.53 bits per heavy atom. The molecule has 0 aromatic heterocycles. The molecule has 3 rings (SSSR count). The third-order valence-electron chi connectivity index (χ3n) is 3.33. The maximum absolute atomic E-state index is 6.14. The topological polar surface area (TPSA) is 9.23 Å². The first-order valence-corrected chi connectivity index (χ1v) is 6.23. The lowest BCUT2D eigenvalue weighted by Crippen LogP contribution is -2.05. The average Bonchev–Trinajstić information content (AvgIpc) is 2.62. The van der Waals surface area contributed by atoms with E-state index < -0.39 is 0 Å². The highest BCUT2D eigenvalue weighted by molar-refractivity contribution is 5.35. The minimum atomic E-state index is 0.208. The van der Waals surface area contributed by atoms with Crippen molar-refractivity contribution < 1.29 is 4.74 Å². The molecule has 17 heavy (non-hydrogen) atoms. The molecule has 2 aromatic carbocycles. The van der Waals surface area contributed by atoms with Gasteiger partial charge >= 0.3 is 0 Å². The van der Waals surface area contributed by atoms with Crippen molar-refractivity contribution in [3.05, 3.63) is 65.7 Å². The van der Waals surface area contributed by atoms with Gasteiger partial charge in [-0.05, 0) is 36.5 Å². The van der Waals surface area contributed by atoms with E-state index in [4.69, 9.17) is 4.74 Å². The van der Waals surface area contributed by atoms with Gasteiger partial charge in [-0.2, -0.15) is 0 Å². The van der Waals surface area contributed by atoms with Crippen LogP contribution in [-0.4, -0.2) is 0 Å². The van der Waals surface area contributed by atoms with E-state index in [1.807, 2.05) is 12.1 Å². The average molecular weight is 224 g/mol. The van der Waals surface area contributed by atoms with Crippen molar-refractivity contribution in [3.63, 3.8) is 0 Å². The summed E-state index contributed by atoms with van der Waals surface area (Å²) < 4.78 is 6.14. The van der Waals surface area contributed by atoms with Crippen molar-refractivity contribution in [2.45, 2.75) is 25.4 Å². The fourth-order valence-electron chi connectivity index (χ4n) is 2.42. The van der Waals surface area contributed by atoms with Gasteiger partial charge in [-0.1, -0.05) is 48.5 Å². The van der Waals surface area contributed by atoms with Gasteiger partial charge in [0.1, 0.15) is 11.9 Å². The molecule has 1 unspecified atom stereocenters. The molecule has 0 saturated carbocycles. The van der Waals surface area contributed by atoms with Gasteiger partial charge < -0.3 is 4.74 Å². The molecule has 1 heterocycles. The van der Waals surface area contributed by atoms with Crippen molar-refractivity contribution in [2.75, 3.05) is 0 Å². The zero-order valence-corrected chi connectivity index (χ0v) is 9.80. The first-order chi connectivity index (χ1) is 8.43. The van der Waals surface area contributed by atoms with Gasteiger partial charge in [0.25, 0.3) is 0 Å². The molecule has 0 saturated heterocycles. The summed E-state index contributed by atoms with van der Waals surface area (Å²) in [6, 6.07) is 18.9. The number of rotatable bonds is 1. The Labute approximate surface area is 102 Å². The Balaban J connectivity index is 1.91. The van der Waals surface area contributed by atoms with Gasteiger partial charge in [0.15, 0.2) is 0 Å². The van der Waals surface area contributed by atoms with Crippen LogP contribution in [-0.2, 0) is 6.42 Å². The second-order valence-electron chi connectivity index (χ2n) is 4.52. The number of benzene rings is 2. The molecule has 0 spiro atoms. The van der Waals surface area contributed by atoms with E-state index in [9.17, 15) is 0 Å². The molecule has 0 aliphatic carbocycles. The number of fused-ring (bicyclic) bond motifs is 1. The number of para-hydroxylation sites is 1. The predicted octanol–water partition coefficient (Wildman–Crippen LogP) is 4.14. The molecule has 0 bridgehead atoms. The summed E-state index contributed by atoms with van der Waals surface area (Å²) in [6.45, 7) is 0. The lowest BCUT2D eigenvalue weighted by molar-refractivity contribution is 0.200. The summed E-state index contributed by atoms with van der Waals surface area (Å²) in [4.78, 5) is 0. The van der Waals surface area contributed by atoms with E-state index >= 15 is 0 Å². The SMILES string of the molecule is c1ccc(C2CCCc3ccccc3O2)cc1. The normalized spacial score (nSPS) is 18.9. The van der Waals surface area contributed by atoms with E-state index in [0.29, 0.717) is 0 Å². The lowest BCUT2D eigenvalue weighted by atomic mass is 10.0. The number of ether oxygens (including phenoxy) is 1. The molecular weight excluding hydrogens is 208 g/mol. The zero-order chi connectivity index (χ0) is 11.5. The van der Waals surface area contributed by atoms with Crippen LogP contribution < -0.4 is 4.74 Å². The standard InChI is InChI=1S/C16H16O/c1-2-7-13(8-3-1)16-12-6-10-14-9-4-5-11-15(14)17-16/h1-5,7-9,11,16H,6,10,12H2. The minimum Gasteiger partial charge on any atom is -0.485 e. The summed E-state index contributed by atoms with van der Waals surface area (Å²) in [6.07, 6.45) is 3.62. The molecule has 1 nitrogen and oxygen atoms in total. The molecule has 0 radical (unpaired) electrons. The van der Waals surface area contributed by atoms with Gasteiger partial charge in [0.05, 0.1) is 0 Å². The quantitative estimate of drug-likeness (QED) is 0.707. The number of aryl methyl sites for hydroxylation is 1. The predicted molar refractivity (Wildman–Crippen MR) is 69.2 cm³/mol. The Morgan fingerprint density at radius 1 is 0.882 bits per heavy atom. The summed E-state index contributed by atoms with van der Waals surface area (Å²) in [7, 11) is 0. The second-order valence-corrected chi connectivity index (χ2v) is 4.52. The van der Waals surface area contributed by atoms with Crippen molar-refractivity contribution in [2.24, 2.45) is 0 Å². The molecule has 86 valence electrons. The van der Waals surface area contributed by atoms with Crippen molar-refractivity contribution in [1.29, 1.82) is 0 Å². The summed E-state index contributed by atoms with van der Waals surface area (Å²) in [5.74, 6) is 1.05. The molecule has 0 N–H and O–H groups in total. The fourth-order valence-corrected chi connectivity index (χ4v) is 2.42. The Hall–Kier alpha value is -1.76. The summed E-state index contributed by atoms with van der Waals surface area (Å²) in [5.41, 5.74) is 2.62. The van der Waals surface area contributed by atoms with E-state index in [2.05, 4.69) is 42.5 Å². The van der Waals surface area contributed by atoms with Crippen LogP contribution in [0.1, 0.15) is 30.1 Å². The lowest BCUT2D eigenvalue weighted by Gasteiger charge is -2.17. The van der Waals surface area contributed by atoms with Crippen LogP contribution in [0.15, 0.2) is 54.6 Å². The molecule has 1 atom stereocenters. The number of hydrogen-bond acceptors (Lipinski definition) is 1. The highest BCUT2D eigenvalue weighted by Gasteiger charge is 2.18. The molecule has 1 aliphatic rings. The van der Waals surface area contributed by atoms with Gasteiger partial charge in [0.2, 0.25) is 0 Å². The molecular formula is C16H16O. The van der Waals surface area contributed by atoms with Crippen LogP contribution in [0.25, 0.3) is 0 Å². The zero-order valence-electron chi connectivity index (χ0n) is 9.80. The Bertz CT molecular complexity index is 490. The fraction of sp³-hybridized carbons (Fsp3) is 0.250. The highest BCUT2D eigenvalue weighted by atomic mass is 16.5. The van der Waals surface area contributed by atoms with Crippen LogP contribution in [0.5, 0.6) is 5.75 Å². The van der Waals surface area contributed by atoms with Crippen LogP contribution in [0.2, 0.25) is 0 Å². The second kappa shape index (κ2) is 4.62. The third kappa shape index (κ3) is 2.19. The van der Waals surface area contributed by atoms with Gasteiger partial charge in [-0.15, -0.1) is 0 Å². The van der Waals surface area contributed by atoms with Crippen LogP contribution in [0.4, 0.5) is 0 Å².